The normalized spacial score (nSPS) is 10.2. The van der Waals surface area contributed by atoms with Crippen LogP contribution >= 0.6 is 0 Å². The molecule has 0 spiro atoms. The van der Waals surface area contributed by atoms with Gasteiger partial charge in [0.05, 0.1) is 0 Å². The fourth-order valence-electron chi connectivity index (χ4n) is 1.37. The van der Waals surface area contributed by atoms with E-state index in [4.69, 9.17) is 4.74 Å². The monoisotopic (exact) mass is 264 g/mol. The number of hydrogen-bond acceptors (Lipinski definition) is 3. The average Bonchev–Trinajstić information content (AvgIpc) is 2.35. The molecule has 5 nitrogen and oxygen atoms in total. The predicted molar refractivity (Wildman–Crippen MR) is 74.1 cm³/mol. The Balaban J connectivity index is 2.50. The zero-order valence-corrected chi connectivity index (χ0v) is 11.8. The van der Waals surface area contributed by atoms with Crippen LogP contribution < -0.4 is 10.1 Å². The molecule has 0 saturated heterocycles. The molecular weight excluding hydrogens is 244 g/mol. The van der Waals surface area contributed by atoms with Gasteiger partial charge >= 0.3 is 0 Å². The van der Waals surface area contributed by atoms with Gasteiger partial charge in [0.15, 0.2) is 6.61 Å². The molecule has 19 heavy (non-hydrogen) atoms. The van der Waals surface area contributed by atoms with Gasteiger partial charge < -0.3 is 15.0 Å². The first-order valence-electron chi connectivity index (χ1n) is 6.16. The molecular formula is C14H20N2O3. The van der Waals surface area contributed by atoms with Crippen molar-refractivity contribution in [1.82, 2.24) is 4.90 Å². The van der Waals surface area contributed by atoms with Gasteiger partial charge in [-0.1, -0.05) is 0 Å². The Kier molecular flexibility index (Phi) is 5.36. The summed E-state index contributed by atoms with van der Waals surface area (Å²) in [5.41, 5.74) is 0.700. The number of ether oxygens (including phenoxy) is 1. The van der Waals surface area contributed by atoms with E-state index in [0.717, 1.165) is 0 Å². The Bertz CT molecular complexity index is 441. The summed E-state index contributed by atoms with van der Waals surface area (Å²) < 4.78 is 5.40. The van der Waals surface area contributed by atoms with Crippen molar-refractivity contribution >= 4 is 17.5 Å². The molecule has 0 atom stereocenters. The van der Waals surface area contributed by atoms with E-state index in [1.54, 1.807) is 36.2 Å². The summed E-state index contributed by atoms with van der Waals surface area (Å²) in [4.78, 5) is 24.2. The van der Waals surface area contributed by atoms with Crippen molar-refractivity contribution in [3.05, 3.63) is 24.3 Å². The Labute approximate surface area is 113 Å². The van der Waals surface area contributed by atoms with Gasteiger partial charge in [0.25, 0.3) is 5.91 Å². The molecule has 0 aromatic heterocycles. The van der Waals surface area contributed by atoms with Crippen molar-refractivity contribution in [3.63, 3.8) is 0 Å². The molecule has 1 N–H and O–H groups in total. The van der Waals surface area contributed by atoms with Gasteiger partial charge in [-0.05, 0) is 38.1 Å². The molecule has 104 valence electrons. The molecule has 0 bridgehead atoms. The van der Waals surface area contributed by atoms with Crippen molar-refractivity contribution in [3.8, 4) is 5.75 Å². The van der Waals surface area contributed by atoms with E-state index in [-0.39, 0.29) is 24.5 Å². The second kappa shape index (κ2) is 6.78. The number of benzene rings is 1. The summed E-state index contributed by atoms with van der Waals surface area (Å²) in [6.07, 6.45) is 0. The third-order valence-electron chi connectivity index (χ3n) is 2.70. The fraction of sp³-hybridized carbons (Fsp3) is 0.429. The molecule has 0 saturated carbocycles. The van der Waals surface area contributed by atoms with Crippen LogP contribution in [0.1, 0.15) is 20.8 Å². The third kappa shape index (κ3) is 4.99. The highest BCUT2D eigenvalue weighted by atomic mass is 16.5. The first-order valence-corrected chi connectivity index (χ1v) is 6.16. The summed E-state index contributed by atoms with van der Waals surface area (Å²) in [5, 5.41) is 2.66. The lowest BCUT2D eigenvalue weighted by Crippen LogP contribution is -2.36. The number of anilines is 1. The lowest BCUT2D eigenvalue weighted by Gasteiger charge is -2.21. The van der Waals surface area contributed by atoms with E-state index in [2.05, 4.69) is 5.32 Å². The van der Waals surface area contributed by atoms with Crippen LogP contribution in [0, 0.1) is 0 Å². The third-order valence-corrected chi connectivity index (χ3v) is 2.70. The highest BCUT2D eigenvalue weighted by Gasteiger charge is 2.12. The zero-order valence-electron chi connectivity index (χ0n) is 11.8. The second-order valence-corrected chi connectivity index (χ2v) is 4.59. The van der Waals surface area contributed by atoms with E-state index in [1.165, 1.54) is 6.92 Å². The number of carbonyl (C=O) groups is 2. The van der Waals surface area contributed by atoms with Crippen molar-refractivity contribution in [2.45, 2.75) is 26.8 Å². The van der Waals surface area contributed by atoms with E-state index in [9.17, 15) is 9.59 Å². The molecule has 0 heterocycles. The quantitative estimate of drug-likeness (QED) is 0.883. The first kappa shape index (κ1) is 15.0. The van der Waals surface area contributed by atoms with Gasteiger partial charge in [-0.15, -0.1) is 0 Å². The Morgan fingerprint density at radius 2 is 1.84 bits per heavy atom. The summed E-state index contributed by atoms with van der Waals surface area (Å²) in [6.45, 7) is 5.35. The molecule has 1 rings (SSSR count). The molecule has 0 aliphatic heterocycles. The molecule has 1 aromatic rings. The summed E-state index contributed by atoms with van der Waals surface area (Å²) in [6, 6.07) is 7.04. The van der Waals surface area contributed by atoms with Gasteiger partial charge in [0, 0.05) is 25.7 Å². The summed E-state index contributed by atoms with van der Waals surface area (Å²) >= 11 is 0. The molecule has 2 amide bonds. The van der Waals surface area contributed by atoms with Crippen LogP contribution in [0.25, 0.3) is 0 Å². The smallest absolute Gasteiger partial charge is 0.260 e. The highest BCUT2D eigenvalue weighted by molar-refractivity contribution is 5.88. The summed E-state index contributed by atoms with van der Waals surface area (Å²) in [7, 11) is 1.75. The van der Waals surface area contributed by atoms with E-state index in [0.29, 0.717) is 11.4 Å². The van der Waals surface area contributed by atoms with Crippen LogP contribution in [0.2, 0.25) is 0 Å². The minimum atomic E-state index is -0.123. The molecule has 0 unspecified atom stereocenters. The lowest BCUT2D eigenvalue weighted by molar-refractivity contribution is -0.133. The SMILES string of the molecule is CC(=O)Nc1ccc(OCC(=O)N(C)C(C)C)cc1. The number of hydrogen-bond donors (Lipinski definition) is 1. The van der Waals surface area contributed by atoms with Gasteiger partial charge in [-0.2, -0.15) is 0 Å². The number of carbonyl (C=O) groups excluding carboxylic acids is 2. The Hall–Kier alpha value is -2.04. The maximum absolute atomic E-state index is 11.7. The number of amides is 2. The van der Waals surface area contributed by atoms with Crippen LogP contribution in [0.5, 0.6) is 5.75 Å². The van der Waals surface area contributed by atoms with Crippen LogP contribution in [-0.2, 0) is 9.59 Å². The Morgan fingerprint density at radius 1 is 1.26 bits per heavy atom. The number of nitrogens with zero attached hydrogens (tertiary/aromatic N) is 1. The maximum Gasteiger partial charge on any atom is 0.260 e. The zero-order chi connectivity index (χ0) is 14.4. The first-order chi connectivity index (χ1) is 8.90. The largest absolute Gasteiger partial charge is 0.484 e. The van der Waals surface area contributed by atoms with Gasteiger partial charge in [0.1, 0.15) is 5.75 Å². The van der Waals surface area contributed by atoms with Crippen molar-refractivity contribution in [2.75, 3.05) is 19.0 Å². The van der Waals surface area contributed by atoms with Crippen LogP contribution in [0.15, 0.2) is 24.3 Å². The standard InChI is InChI=1S/C14H20N2O3/c1-10(2)16(4)14(18)9-19-13-7-5-12(6-8-13)15-11(3)17/h5-8,10H,9H2,1-4H3,(H,15,17). The number of rotatable bonds is 5. The number of likely N-dealkylation sites (N-methyl/N-ethyl adjacent to an activating group) is 1. The molecule has 0 radical (unpaired) electrons. The predicted octanol–water partition coefficient (Wildman–Crippen LogP) is 1.89. The van der Waals surface area contributed by atoms with E-state index >= 15 is 0 Å². The topological polar surface area (TPSA) is 58.6 Å². The van der Waals surface area contributed by atoms with Crippen molar-refractivity contribution in [2.24, 2.45) is 0 Å². The number of nitrogens with one attached hydrogen (secondary N) is 1. The van der Waals surface area contributed by atoms with Gasteiger partial charge in [-0.25, -0.2) is 0 Å². The molecule has 0 fully saturated rings. The van der Waals surface area contributed by atoms with Crippen molar-refractivity contribution < 1.29 is 14.3 Å². The van der Waals surface area contributed by atoms with E-state index in [1.807, 2.05) is 13.8 Å². The van der Waals surface area contributed by atoms with Gasteiger partial charge in [0.2, 0.25) is 5.91 Å². The van der Waals surface area contributed by atoms with Gasteiger partial charge in [-0.3, -0.25) is 9.59 Å². The van der Waals surface area contributed by atoms with Crippen LogP contribution in [0.3, 0.4) is 0 Å². The average molecular weight is 264 g/mol. The molecule has 0 aliphatic carbocycles. The summed E-state index contributed by atoms with van der Waals surface area (Å²) in [5.74, 6) is 0.406. The van der Waals surface area contributed by atoms with Crippen molar-refractivity contribution in [1.29, 1.82) is 0 Å². The van der Waals surface area contributed by atoms with Crippen LogP contribution in [-0.4, -0.2) is 36.4 Å². The molecule has 1 aromatic carbocycles. The maximum atomic E-state index is 11.7. The van der Waals surface area contributed by atoms with Crippen LogP contribution in [0.4, 0.5) is 5.69 Å². The lowest BCUT2D eigenvalue weighted by atomic mass is 10.3. The highest BCUT2D eigenvalue weighted by Crippen LogP contribution is 2.15. The molecule has 5 heteroatoms. The minimum absolute atomic E-state index is 0.00810. The van der Waals surface area contributed by atoms with E-state index < -0.39 is 0 Å². The molecule has 0 aliphatic rings. The Morgan fingerprint density at radius 3 is 2.32 bits per heavy atom. The minimum Gasteiger partial charge on any atom is -0.484 e. The fourth-order valence-corrected chi connectivity index (χ4v) is 1.37. The second-order valence-electron chi connectivity index (χ2n) is 4.59.